The molecule has 1 aromatic rings. The molecule has 3 amide bonds. The first-order chi connectivity index (χ1) is 15.3. The molecule has 0 bridgehead atoms. The van der Waals surface area contributed by atoms with Gasteiger partial charge in [-0.15, -0.1) is 24.0 Å². The van der Waals surface area contributed by atoms with Gasteiger partial charge in [0.2, 0.25) is 0 Å². The van der Waals surface area contributed by atoms with Crippen LogP contribution in [0.1, 0.15) is 45.1 Å². The number of nitrogens with zero attached hydrogens (tertiary/aromatic N) is 3. The lowest BCUT2D eigenvalue weighted by molar-refractivity contribution is -0.130. The molecule has 10 heteroatoms. The van der Waals surface area contributed by atoms with E-state index in [0.29, 0.717) is 44.1 Å². The van der Waals surface area contributed by atoms with Crippen molar-refractivity contribution in [3.05, 3.63) is 29.6 Å². The Morgan fingerprint density at radius 3 is 2.79 bits per heavy atom. The van der Waals surface area contributed by atoms with Gasteiger partial charge in [-0.1, -0.05) is 13.0 Å². The van der Waals surface area contributed by atoms with Gasteiger partial charge >= 0.3 is 6.03 Å². The molecule has 2 fully saturated rings. The number of aliphatic imine (C=N–C) groups is 1. The predicted octanol–water partition coefficient (Wildman–Crippen LogP) is 3.00. The molecule has 33 heavy (non-hydrogen) atoms. The van der Waals surface area contributed by atoms with E-state index < -0.39 is 5.54 Å². The van der Waals surface area contributed by atoms with Gasteiger partial charge in [0, 0.05) is 39.3 Å². The molecule has 2 unspecified atom stereocenters. The van der Waals surface area contributed by atoms with Crippen LogP contribution in [0, 0.1) is 12.7 Å². The van der Waals surface area contributed by atoms with Crippen molar-refractivity contribution in [2.24, 2.45) is 4.99 Å². The number of rotatable bonds is 7. The van der Waals surface area contributed by atoms with Gasteiger partial charge in [0.25, 0.3) is 5.91 Å². The second kappa shape index (κ2) is 11.8. The van der Waals surface area contributed by atoms with E-state index in [1.807, 2.05) is 19.9 Å². The van der Waals surface area contributed by atoms with E-state index in [1.165, 1.54) is 11.0 Å². The minimum absolute atomic E-state index is 0. The molecular weight excluding hydrogens is 538 g/mol. The summed E-state index contributed by atoms with van der Waals surface area (Å²) in [7, 11) is 1.71. The SMILES string of the molecule is CCC1(C)NC(=O)N(CCCNC(=NC)NC2CCCN(c3cc(C)ccc3F)C2)C1=O.I. The largest absolute Gasteiger partial charge is 0.367 e. The fourth-order valence-corrected chi connectivity index (χ4v) is 4.20. The number of anilines is 1. The van der Waals surface area contributed by atoms with E-state index in [-0.39, 0.29) is 47.8 Å². The molecule has 0 aliphatic carbocycles. The highest BCUT2D eigenvalue weighted by Crippen LogP contribution is 2.24. The number of hydrogen-bond acceptors (Lipinski definition) is 4. The van der Waals surface area contributed by atoms with Crippen LogP contribution in [0.5, 0.6) is 0 Å². The van der Waals surface area contributed by atoms with Crippen LogP contribution < -0.4 is 20.9 Å². The Morgan fingerprint density at radius 2 is 2.12 bits per heavy atom. The number of carbonyl (C=O) groups excluding carboxylic acids is 2. The smallest absolute Gasteiger partial charge is 0.325 e. The van der Waals surface area contributed by atoms with Gasteiger partial charge in [-0.05, 0) is 57.2 Å². The van der Waals surface area contributed by atoms with Crippen LogP contribution >= 0.6 is 24.0 Å². The number of guanidine groups is 1. The third-order valence-electron chi connectivity index (χ3n) is 6.33. The van der Waals surface area contributed by atoms with Gasteiger partial charge in [-0.25, -0.2) is 9.18 Å². The van der Waals surface area contributed by atoms with E-state index in [9.17, 15) is 14.0 Å². The summed E-state index contributed by atoms with van der Waals surface area (Å²) in [5.41, 5.74) is 0.886. The van der Waals surface area contributed by atoms with Gasteiger partial charge in [0.1, 0.15) is 11.4 Å². The fourth-order valence-electron chi connectivity index (χ4n) is 4.20. The molecule has 8 nitrogen and oxygen atoms in total. The molecule has 3 N–H and O–H groups in total. The number of halogens is 2. The van der Waals surface area contributed by atoms with Crippen LogP contribution in [0.15, 0.2) is 23.2 Å². The quantitative estimate of drug-likeness (QED) is 0.153. The van der Waals surface area contributed by atoms with Gasteiger partial charge < -0.3 is 20.9 Å². The van der Waals surface area contributed by atoms with Gasteiger partial charge in [0.05, 0.1) is 5.69 Å². The number of nitrogens with one attached hydrogen (secondary N) is 3. The van der Waals surface area contributed by atoms with Crippen molar-refractivity contribution in [1.82, 2.24) is 20.9 Å². The lowest BCUT2D eigenvalue weighted by Crippen LogP contribution is -2.51. The van der Waals surface area contributed by atoms with Crippen LogP contribution in [0.3, 0.4) is 0 Å². The number of aryl methyl sites for hydroxylation is 1. The van der Waals surface area contributed by atoms with Crippen molar-refractivity contribution in [2.45, 2.75) is 58.0 Å². The number of urea groups is 1. The van der Waals surface area contributed by atoms with Crippen molar-refractivity contribution in [2.75, 3.05) is 38.1 Å². The molecule has 2 aliphatic heterocycles. The Bertz CT molecular complexity index is 883. The third-order valence-corrected chi connectivity index (χ3v) is 6.33. The maximum absolute atomic E-state index is 14.3. The van der Waals surface area contributed by atoms with Crippen molar-refractivity contribution in [1.29, 1.82) is 0 Å². The molecule has 1 aromatic carbocycles. The molecule has 2 atom stereocenters. The van der Waals surface area contributed by atoms with Crippen molar-refractivity contribution in [3.8, 4) is 0 Å². The summed E-state index contributed by atoms with van der Waals surface area (Å²) in [4.78, 5) is 32.2. The summed E-state index contributed by atoms with van der Waals surface area (Å²) in [6, 6.07) is 5.02. The number of amides is 3. The Morgan fingerprint density at radius 1 is 1.36 bits per heavy atom. The van der Waals surface area contributed by atoms with Gasteiger partial charge in [0.15, 0.2) is 5.96 Å². The Balaban J connectivity index is 0.00000385. The maximum Gasteiger partial charge on any atom is 0.325 e. The molecule has 0 radical (unpaired) electrons. The third kappa shape index (κ3) is 6.48. The predicted molar refractivity (Wildman–Crippen MR) is 140 cm³/mol. The second-order valence-electron chi connectivity index (χ2n) is 8.81. The first kappa shape index (κ1) is 27.1. The summed E-state index contributed by atoms with van der Waals surface area (Å²) in [6.07, 6.45) is 3.12. The first-order valence-corrected chi connectivity index (χ1v) is 11.4. The minimum atomic E-state index is -0.800. The summed E-state index contributed by atoms with van der Waals surface area (Å²) < 4.78 is 14.3. The zero-order valence-corrected chi connectivity index (χ0v) is 22.2. The topological polar surface area (TPSA) is 89.1 Å². The summed E-state index contributed by atoms with van der Waals surface area (Å²) >= 11 is 0. The summed E-state index contributed by atoms with van der Waals surface area (Å²) in [6.45, 7) is 8.06. The van der Waals surface area contributed by atoms with Crippen LogP contribution in [0.25, 0.3) is 0 Å². The van der Waals surface area contributed by atoms with Gasteiger partial charge in [-0.2, -0.15) is 0 Å². The molecule has 2 heterocycles. The van der Waals surface area contributed by atoms with E-state index in [0.717, 1.165) is 24.9 Å². The fraction of sp³-hybridized carbons (Fsp3) is 0.609. The van der Waals surface area contributed by atoms with E-state index >= 15 is 0 Å². The number of imide groups is 1. The minimum Gasteiger partial charge on any atom is -0.367 e. The highest BCUT2D eigenvalue weighted by atomic mass is 127. The van der Waals surface area contributed by atoms with Crippen LogP contribution in [-0.2, 0) is 4.79 Å². The van der Waals surface area contributed by atoms with Gasteiger partial charge in [-0.3, -0.25) is 14.7 Å². The zero-order valence-electron chi connectivity index (χ0n) is 19.9. The summed E-state index contributed by atoms with van der Waals surface area (Å²) in [5, 5.41) is 9.45. The van der Waals surface area contributed by atoms with E-state index in [4.69, 9.17) is 0 Å². The van der Waals surface area contributed by atoms with E-state index in [2.05, 4.69) is 25.8 Å². The van der Waals surface area contributed by atoms with Crippen LogP contribution in [-0.4, -0.2) is 67.6 Å². The molecule has 2 saturated heterocycles. The number of hydrogen-bond donors (Lipinski definition) is 3. The highest BCUT2D eigenvalue weighted by Gasteiger charge is 2.45. The Kier molecular flexibility index (Phi) is 9.74. The first-order valence-electron chi connectivity index (χ1n) is 11.4. The Labute approximate surface area is 212 Å². The molecular formula is C23H36FIN6O2. The van der Waals surface area contributed by atoms with E-state index in [1.54, 1.807) is 20.0 Å². The average molecular weight is 574 g/mol. The highest BCUT2D eigenvalue weighted by molar-refractivity contribution is 14.0. The number of piperidine rings is 1. The molecule has 2 aliphatic rings. The lowest BCUT2D eigenvalue weighted by atomic mass is 9.99. The lowest BCUT2D eigenvalue weighted by Gasteiger charge is -2.35. The standard InChI is InChI=1S/C23H35FN6O2.HI/c1-5-23(3)20(31)30(22(32)28-23)13-7-11-26-21(25-4)27-17-8-6-12-29(15-17)19-14-16(2)9-10-18(19)24;/h9-10,14,17H,5-8,11-13,15H2,1-4H3,(H,28,32)(H2,25,26,27);1H. The molecule has 184 valence electrons. The summed E-state index contributed by atoms with van der Waals surface area (Å²) in [5.74, 6) is 0.300. The zero-order chi connectivity index (χ0) is 23.3. The molecule has 3 rings (SSSR count). The maximum atomic E-state index is 14.3. The average Bonchev–Trinajstić information content (AvgIpc) is 3.00. The van der Waals surface area contributed by atoms with Crippen molar-refractivity contribution < 1.29 is 14.0 Å². The van der Waals surface area contributed by atoms with Crippen LogP contribution in [0.4, 0.5) is 14.9 Å². The van der Waals surface area contributed by atoms with Crippen molar-refractivity contribution >= 4 is 47.6 Å². The normalized spacial score (nSPS) is 23.3. The van der Waals surface area contributed by atoms with Crippen molar-refractivity contribution in [3.63, 3.8) is 0 Å². The molecule has 0 aromatic heterocycles. The second-order valence-corrected chi connectivity index (χ2v) is 8.81. The number of carbonyl (C=O) groups is 2. The molecule has 0 spiro atoms. The Hall–Kier alpha value is -2.11. The molecule has 0 saturated carbocycles. The number of benzene rings is 1. The van der Waals surface area contributed by atoms with Crippen LogP contribution in [0.2, 0.25) is 0 Å². The monoisotopic (exact) mass is 574 g/mol.